The molecule has 0 saturated carbocycles. The van der Waals surface area contributed by atoms with Crippen molar-refractivity contribution >= 4 is 67.6 Å². The maximum absolute atomic E-state index is 6.44. The standard InChI is InChI=1S/C24H20N2OSi/c1-13-20-16-9-14-7-5-6-8-15(14)10-17(16)23-21-18(25-12-26-23)11-19(28(2,3)4)24(27-13)22(20)21/h5-12H,1-4H3. The molecule has 0 aliphatic carbocycles. The number of hydrogen-bond donors (Lipinski definition) is 0. The highest BCUT2D eigenvalue weighted by atomic mass is 28.3. The van der Waals surface area contributed by atoms with E-state index < -0.39 is 8.07 Å². The van der Waals surface area contributed by atoms with Crippen molar-refractivity contribution in [1.29, 1.82) is 0 Å². The van der Waals surface area contributed by atoms with Crippen LogP contribution in [-0.2, 0) is 0 Å². The van der Waals surface area contributed by atoms with Gasteiger partial charge >= 0.3 is 0 Å². The van der Waals surface area contributed by atoms with Crippen molar-refractivity contribution in [1.82, 2.24) is 9.97 Å². The van der Waals surface area contributed by atoms with Gasteiger partial charge < -0.3 is 4.42 Å². The fraction of sp³-hybridized carbons (Fsp3) is 0.167. The summed E-state index contributed by atoms with van der Waals surface area (Å²) in [6.45, 7) is 9.17. The maximum atomic E-state index is 6.44. The monoisotopic (exact) mass is 380 g/mol. The third-order valence-corrected chi connectivity index (χ3v) is 7.94. The third kappa shape index (κ3) is 1.93. The molecule has 0 fully saturated rings. The highest BCUT2D eigenvalue weighted by molar-refractivity contribution is 6.90. The summed E-state index contributed by atoms with van der Waals surface area (Å²) in [5.41, 5.74) is 3.08. The third-order valence-electron chi connectivity index (χ3n) is 5.95. The van der Waals surface area contributed by atoms with E-state index in [1.165, 1.54) is 37.5 Å². The Morgan fingerprint density at radius 1 is 0.821 bits per heavy atom. The summed E-state index contributed by atoms with van der Waals surface area (Å²) in [6.07, 6.45) is 1.70. The normalized spacial score (nSPS) is 13.0. The first-order valence-electron chi connectivity index (χ1n) is 9.68. The lowest BCUT2D eigenvalue weighted by molar-refractivity contribution is 0.585. The van der Waals surface area contributed by atoms with E-state index in [2.05, 4.69) is 74.0 Å². The summed E-state index contributed by atoms with van der Waals surface area (Å²) in [7, 11) is -1.61. The van der Waals surface area contributed by atoms with E-state index in [9.17, 15) is 0 Å². The number of hydrogen-bond acceptors (Lipinski definition) is 3. The second kappa shape index (κ2) is 5.09. The number of fused-ring (bicyclic) bond motifs is 4. The summed E-state index contributed by atoms with van der Waals surface area (Å²) in [5, 5.41) is 9.74. The fourth-order valence-electron chi connectivity index (χ4n) is 4.66. The van der Waals surface area contributed by atoms with Crippen LogP contribution in [0.2, 0.25) is 19.6 Å². The lowest BCUT2D eigenvalue weighted by atomic mass is 9.94. The molecule has 4 aromatic carbocycles. The Morgan fingerprint density at radius 2 is 1.54 bits per heavy atom. The number of benzene rings is 4. The summed E-state index contributed by atoms with van der Waals surface area (Å²) in [4.78, 5) is 9.38. The van der Waals surface area contributed by atoms with E-state index in [0.717, 1.165) is 27.8 Å². The number of rotatable bonds is 1. The molecular weight excluding hydrogens is 360 g/mol. The Hall–Kier alpha value is -2.98. The van der Waals surface area contributed by atoms with Gasteiger partial charge in [0.05, 0.1) is 19.1 Å². The molecule has 0 atom stereocenters. The molecule has 6 rings (SSSR count). The minimum atomic E-state index is -1.61. The smallest absolute Gasteiger partial charge is 0.134 e. The lowest BCUT2D eigenvalue weighted by Gasteiger charge is -2.19. The Balaban J connectivity index is 1.99. The first-order valence-corrected chi connectivity index (χ1v) is 13.2. The summed E-state index contributed by atoms with van der Waals surface area (Å²) in [6, 6.07) is 15.3. The lowest BCUT2D eigenvalue weighted by Crippen LogP contribution is -2.38. The van der Waals surface area contributed by atoms with E-state index in [1.54, 1.807) is 6.33 Å². The van der Waals surface area contributed by atoms with Gasteiger partial charge in [0.25, 0.3) is 0 Å². The molecule has 0 aliphatic heterocycles. The Kier molecular flexibility index (Phi) is 2.91. The maximum Gasteiger partial charge on any atom is 0.134 e. The Labute approximate surface area is 163 Å². The van der Waals surface area contributed by atoms with E-state index in [0.29, 0.717) is 0 Å². The Bertz CT molecular complexity index is 1560. The van der Waals surface area contributed by atoms with Gasteiger partial charge in [0, 0.05) is 21.5 Å². The number of nitrogens with zero attached hydrogens (tertiary/aromatic N) is 2. The van der Waals surface area contributed by atoms with Crippen LogP contribution in [0.4, 0.5) is 0 Å². The quantitative estimate of drug-likeness (QED) is 0.196. The number of aryl methyl sites for hydroxylation is 1. The number of aromatic nitrogens is 2. The van der Waals surface area contributed by atoms with E-state index in [1.807, 2.05) is 0 Å². The van der Waals surface area contributed by atoms with Crippen LogP contribution in [0.3, 0.4) is 0 Å². The van der Waals surface area contributed by atoms with Gasteiger partial charge in [-0.15, -0.1) is 0 Å². The van der Waals surface area contributed by atoms with Gasteiger partial charge in [0.1, 0.15) is 17.7 Å². The van der Waals surface area contributed by atoms with Crippen LogP contribution in [0.1, 0.15) is 5.76 Å². The van der Waals surface area contributed by atoms with Gasteiger partial charge in [0.2, 0.25) is 0 Å². The molecule has 4 heteroatoms. The predicted molar refractivity (Wildman–Crippen MR) is 121 cm³/mol. The molecule has 2 heterocycles. The highest BCUT2D eigenvalue weighted by Crippen LogP contribution is 2.43. The zero-order valence-electron chi connectivity index (χ0n) is 16.4. The number of furan rings is 1. The van der Waals surface area contributed by atoms with E-state index >= 15 is 0 Å². The first kappa shape index (κ1) is 16.0. The van der Waals surface area contributed by atoms with E-state index in [-0.39, 0.29) is 0 Å². The second-order valence-electron chi connectivity index (χ2n) is 8.77. The zero-order chi connectivity index (χ0) is 19.2. The average Bonchev–Trinajstić information content (AvgIpc) is 3.02. The molecule has 0 unspecified atom stereocenters. The fourth-order valence-corrected chi connectivity index (χ4v) is 6.09. The van der Waals surface area contributed by atoms with Gasteiger partial charge in [-0.05, 0) is 46.5 Å². The van der Waals surface area contributed by atoms with Crippen LogP contribution in [-0.4, -0.2) is 18.0 Å². The molecule has 2 aromatic heterocycles. The van der Waals surface area contributed by atoms with Gasteiger partial charge in [-0.25, -0.2) is 9.97 Å². The molecule has 0 spiro atoms. The molecular formula is C24H20N2OSi. The molecule has 136 valence electrons. The largest absolute Gasteiger partial charge is 0.461 e. The molecule has 0 bridgehead atoms. The second-order valence-corrected chi connectivity index (χ2v) is 13.8. The van der Waals surface area contributed by atoms with Crippen molar-refractivity contribution in [2.45, 2.75) is 26.6 Å². The highest BCUT2D eigenvalue weighted by Gasteiger charge is 2.27. The van der Waals surface area contributed by atoms with Gasteiger partial charge in [0.15, 0.2) is 0 Å². The topological polar surface area (TPSA) is 38.9 Å². The van der Waals surface area contributed by atoms with Crippen LogP contribution in [0.5, 0.6) is 0 Å². The molecule has 0 amide bonds. The van der Waals surface area contributed by atoms with Crippen LogP contribution in [0.25, 0.3) is 54.3 Å². The molecule has 6 aromatic rings. The average molecular weight is 381 g/mol. The Morgan fingerprint density at radius 3 is 2.25 bits per heavy atom. The summed E-state index contributed by atoms with van der Waals surface area (Å²) >= 11 is 0. The molecule has 3 nitrogen and oxygen atoms in total. The minimum absolute atomic E-state index is 0.980. The molecule has 0 saturated heterocycles. The van der Waals surface area contributed by atoms with Crippen molar-refractivity contribution < 1.29 is 4.42 Å². The van der Waals surface area contributed by atoms with Gasteiger partial charge in [-0.3, -0.25) is 0 Å². The molecule has 0 N–H and O–H groups in total. The first-order chi connectivity index (χ1) is 13.4. The van der Waals surface area contributed by atoms with Crippen LogP contribution in [0.15, 0.2) is 53.2 Å². The molecule has 0 aliphatic rings. The predicted octanol–water partition coefficient (Wildman–Crippen LogP) is 6.13. The molecule has 0 radical (unpaired) electrons. The van der Waals surface area contributed by atoms with Gasteiger partial charge in [-0.1, -0.05) is 43.9 Å². The van der Waals surface area contributed by atoms with Crippen molar-refractivity contribution in [2.75, 3.05) is 0 Å². The van der Waals surface area contributed by atoms with Crippen LogP contribution in [0, 0.1) is 6.92 Å². The molecule has 28 heavy (non-hydrogen) atoms. The van der Waals surface area contributed by atoms with Crippen molar-refractivity contribution in [3.63, 3.8) is 0 Å². The van der Waals surface area contributed by atoms with Crippen molar-refractivity contribution in [3.8, 4) is 0 Å². The van der Waals surface area contributed by atoms with Crippen molar-refractivity contribution in [2.24, 2.45) is 0 Å². The van der Waals surface area contributed by atoms with Crippen LogP contribution >= 0.6 is 0 Å². The van der Waals surface area contributed by atoms with E-state index in [4.69, 9.17) is 9.40 Å². The summed E-state index contributed by atoms with van der Waals surface area (Å²) in [5.74, 6) is 0.980. The SMILES string of the molecule is Cc1oc2c([Si](C)(C)C)cc3ncnc4c5cc6ccccc6cc5c1c2c34. The van der Waals surface area contributed by atoms with Crippen molar-refractivity contribution in [3.05, 3.63) is 54.6 Å². The minimum Gasteiger partial charge on any atom is -0.461 e. The van der Waals surface area contributed by atoms with Crippen LogP contribution < -0.4 is 5.19 Å². The summed E-state index contributed by atoms with van der Waals surface area (Å²) < 4.78 is 6.44. The zero-order valence-corrected chi connectivity index (χ0v) is 17.4. The van der Waals surface area contributed by atoms with Gasteiger partial charge in [-0.2, -0.15) is 0 Å².